The van der Waals surface area contributed by atoms with Gasteiger partial charge >= 0.3 is 0 Å². The van der Waals surface area contributed by atoms with Gasteiger partial charge in [-0.2, -0.15) is 0 Å². The zero-order chi connectivity index (χ0) is 20.4. The lowest BCUT2D eigenvalue weighted by Gasteiger charge is -2.30. The van der Waals surface area contributed by atoms with E-state index in [0.29, 0.717) is 10.8 Å². The van der Waals surface area contributed by atoms with Gasteiger partial charge in [-0.25, -0.2) is 0 Å². The molecule has 7 nitrogen and oxygen atoms in total. The number of hydrogen-bond acceptors (Lipinski definition) is 7. The molecule has 0 fully saturated rings. The second-order valence-corrected chi connectivity index (χ2v) is 6.37. The van der Waals surface area contributed by atoms with Crippen LogP contribution in [0, 0.1) is 0 Å². The Morgan fingerprint density at radius 1 is 0.893 bits per heavy atom. The van der Waals surface area contributed by atoms with Gasteiger partial charge in [0.05, 0.1) is 47.0 Å². The standard InChI is InChI=1S/C20H21ClO7/c1-23-13-7-6-10(8-11(13)21)14-9-12(22)15-16(24-2)18(25-3)20(27-5)19(26-4)17(15)28-14/h6-8,14H,9H2,1-5H3. The SMILES string of the molecule is COc1ccc(C2CC(=O)c3c(OC)c(OC)c(OC)c(OC)c3O2)cc1Cl. The van der Waals surface area contributed by atoms with Crippen LogP contribution in [0.2, 0.25) is 5.02 Å². The molecule has 0 radical (unpaired) electrons. The van der Waals surface area contributed by atoms with Crippen LogP contribution in [-0.2, 0) is 0 Å². The Morgan fingerprint density at radius 3 is 2.04 bits per heavy atom. The number of carbonyl (C=O) groups is 1. The summed E-state index contributed by atoms with van der Waals surface area (Å²) in [6.07, 6.45) is -0.454. The van der Waals surface area contributed by atoms with E-state index in [1.54, 1.807) is 18.2 Å². The van der Waals surface area contributed by atoms with Crippen molar-refractivity contribution < 1.29 is 33.2 Å². The van der Waals surface area contributed by atoms with Crippen LogP contribution in [0.4, 0.5) is 0 Å². The highest BCUT2D eigenvalue weighted by atomic mass is 35.5. The molecular formula is C20H21ClO7. The lowest BCUT2D eigenvalue weighted by atomic mass is 9.94. The van der Waals surface area contributed by atoms with Gasteiger partial charge in [-0.1, -0.05) is 17.7 Å². The van der Waals surface area contributed by atoms with E-state index in [4.69, 9.17) is 40.0 Å². The maximum atomic E-state index is 13.0. The molecule has 0 bridgehead atoms. The summed E-state index contributed by atoms with van der Waals surface area (Å²) < 4.78 is 33.1. The molecule has 3 rings (SSSR count). The second-order valence-electron chi connectivity index (χ2n) is 5.96. The van der Waals surface area contributed by atoms with Crippen molar-refractivity contribution in [3.05, 3.63) is 34.3 Å². The molecule has 1 aliphatic heterocycles. The minimum Gasteiger partial charge on any atom is -0.495 e. The van der Waals surface area contributed by atoms with E-state index < -0.39 is 6.10 Å². The quantitative estimate of drug-likeness (QED) is 0.712. The number of rotatable bonds is 6. The fourth-order valence-electron chi connectivity index (χ4n) is 3.28. The average molecular weight is 409 g/mol. The minimum absolute atomic E-state index is 0.102. The first kappa shape index (κ1) is 19.9. The Bertz CT molecular complexity index is 910. The lowest BCUT2D eigenvalue weighted by molar-refractivity contribution is 0.0833. The number of methoxy groups -OCH3 is 5. The molecule has 0 aliphatic carbocycles. The highest BCUT2D eigenvalue weighted by molar-refractivity contribution is 6.32. The summed E-state index contributed by atoms with van der Waals surface area (Å²) in [5.41, 5.74) is 0.994. The molecule has 1 atom stereocenters. The molecular weight excluding hydrogens is 388 g/mol. The highest BCUT2D eigenvalue weighted by Crippen LogP contribution is 2.56. The first-order valence-electron chi connectivity index (χ1n) is 8.43. The van der Waals surface area contributed by atoms with Crippen molar-refractivity contribution in [1.29, 1.82) is 0 Å². The number of ether oxygens (including phenoxy) is 6. The summed E-state index contributed by atoms with van der Waals surface area (Å²) >= 11 is 6.23. The predicted octanol–water partition coefficient (Wildman–Crippen LogP) is 4.09. The third-order valence-electron chi connectivity index (χ3n) is 4.55. The van der Waals surface area contributed by atoms with Gasteiger partial charge in [0.15, 0.2) is 17.3 Å². The van der Waals surface area contributed by atoms with Gasteiger partial charge in [-0.3, -0.25) is 4.79 Å². The number of fused-ring (bicyclic) bond motifs is 1. The molecule has 2 aromatic carbocycles. The molecule has 1 aliphatic rings. The number of carbonyl (C=O) groups excluding carboxylic acids is 1. The van der Waals surface area contributed by atoms with Crippen molar-refractivity contribution in [2.45, 2.75) is 12.5 Å². The van der Waals surface area contributed by atoms with Crippen molar-refractivity contribution in [3.63, 3.8) is 0 Å². The Kier molecular flexibility index (Phi) is 5.74. The third kappa shape index (κ3) is 3.16. The van der Waals surface area contributed by atoms with E-state index in [1.807, 2.05) is 0 Å². The van der Waals surface area contributed by atoms with Crippen LogP contribution in [0.5, 0.6) is 34.5 Å². The first-order valence-corrected chi connectivity index (χ1v) is 8.81. The van der Waals surface area contributed by atoms with Crippen LogP contribution in [0.3, 0.4) is 0 Å². The second kappa shape index (κ2) is 8.06. The van der Waals surface area contributed by atoms with Gasteiger partial charge in [-0.15, -0.1) is 0 Å². The maximum Gasteiger partial charge on any atom is 0.211 e. The van der Waals surface area contributed by atoms with Crippen molar-refractivity contribution in [1.82, 2.24) is 0 Å². The van der Waals surface area contributed by atoms with Crippen molar-refractivity contribution >= 4 is 17.4 Å². The molecule has 1 heterocycles. The summed E-state index contributed by atoms with van der Waals surface area (Å²) in [4.78, 5) is 13.0. The van der Waals surface area contributed by atoms with Crippen LogP contribution in [0.25, 0.3) is 0 Å². The number of halogens is 1. The van der Waals surface area contributed by atoms with Gasteiger partial charge in [-0.05, 0) is 17.7 Å². The van der Waals surface area contributed by atoms with Crippen LogP contribution in [-0.4, -0.2) is 41.3 Å². The maximum absolute atomic E-state index is 13.0. The summed E-state index contributed by atoms with van der Waals surface area (Å²) in [6.45, 7) is 0. The Balaban J connectivity index is 2.16. The topological polar surface area (TPSA) is 72.5 Å². The van der Waals surface area contributed by atoms with Gasteiger partial charge in [0.2, 0.25) is 17.2 Å². The fourth-order valence-corrected chi connectivity index (χ4v) is 3.55. The van der Waals surface area contributed by atoms with E-state index in [2.05, 4.69) is 0 Å². The van der Waals surface area contributed by atoms with Crippen LogP contribution >= 0.6 is 11.6 Å². The number of ketones is 1. The number of hydrogen-bond donors (Lipinski definition) is 0. The van der Waals surface area contributed by atoms with Crippen molar-refractivity contribution in [2.24, 2.45) is 0 Å². The van der Waals surface area contributed by atoms with Crippen LogP contribution < -0.4 is 28.4 Å². The molecule has 8 heteroatoms. The Labute approximate surface area is 168 Å². The summed E-state index contributed by atoms with van der Waals surface area (Å²) in [7, 11) is 7.38. The lowest BCUT2D eigenvalue weighted by Crippen LogP contribution is -2.22. The monoisotopic (exact) mass is 408 g/mol. The third-order valence-corrected chi connectivity index (χ3v) is 4.85. The van der Waals surface area contributed by atoms with E-state index >= 15 is 0 Å². The summed E-state index contributed by atoms with van der Waals surface area (Å²) in [5, 5.41) is 0.429. The highest BCUT2D eigenvalue weighted by Gasteiger charge is 2.38. The van der Waals surface area contributed by atoms with E-state index in [1.165, 1.54) is 35.5 Å². The average Bonchev–Trinajstić information content (AvgIpc) is 2.71. The minimum atomic E-state index is -0.555. The van der Waals surface area contributed by atoms with Gasteiger partial charge in [0.1, 0.15) is 17.4 Å². The largest absolute Gasteiger partial charge is 0.495 e. The Hall–Kier alpha value is -2.80. The molecule has 0 saturated carbocycles. The summed E-state index contributed by atoms with van der Waals surface area (Å²) in [5.74, 6) is 1.66. The number of Topliss-reactive ketones (excluding diaryl/α,β-unsaturated/α-hetero) is 1. The smallest absolute Gasteiger partial charge is 0.211 e. The molecule has 0 aromatic heterocycles. The zero-order valence-corrected chi connectivity index (χ0v) is 17.0. The molecule has 2 aromatic rings. The molecule has 0 saturated heterocycles. The van der Waals surface area contributed by atoms with E-state index in [-0.39, 0.29) is 46.5 Å². The normalized spacial score (nSPS) is 15.4. The molecule has 150 valence electrons. The van der Waals surface area contributed by atoms with E-state index in [0.717, 1.165) is 5.56 Å². The van der Waals surface area contributed by atoms with Crippen LogP contribution in [0.15, 0.2) is 18.2 Å². The van der Waals surface area contributed by atoms with Crippen molar-refractivity contribution in [2.75, 3.05) is 35.5 Å². The van der Waals surface area contributed by atoms with Gasteiger partial charge in [0.25, 0.3) is 0 Å². The van der Waals surface area contributed by atoms with Crippen molar-refractivity contribution in [3.8, 4) is 34.5 Å². The molecule has 28 heavy (non-hydrogen) atoms. The predicted molar refractivity (Wildman–Crippen MR) is 103 cm³/mol. The fraction of sp³-hybridized carbons (Fsp3) is 0.350. The molecule has 1 unspecified atom stereocenters. The molecule has 0 spiro atoms. The van der Waals surface area contributed by atoms with Gasteiger partial charge < -0.3 is 28.4 Å². The van der Waals surface area contributed by atoms with E-state index in [9.17, 15) is 4.79 Å². The van der Waals surface area contributed by atoms with Crippen LogP contribution in [0.1, 0.15) is 28.4 Å². The molecule has 0 amide bonds. The molecule has 0 N–H and O–H groups in total. The van der Waals surface area contributed by atoms with Gasteiger partial charge in [0, 0.05) is 0 Å². The number of benzene rings is 2. The first-order chi connectivity index (χ1) is 13.5. The zero-order valence-electron chi connectivity index (χ0n) is 16.3. The Morgan fingerprint density at radius 2 is 1.50 bits per heavy atom. The summed E-state index contributed by atoms with van der Waals surface area (Å²) in [6, 6.07) is 5.25.